The number of aryl methyl sites for hydroxylation is 2. The minimum Gasteiger partial charge on any atom is -0.291 e. The summed E-state index contributed by atoms with van der Waals surface area (Å²) in [4.78, 5) is 22.3. The first-order valence-electron chi connectivity index (χ1n) is 27.8. The second kappa shape index (κ2) is 18.9. The molecule has 0 radical (unpaired) electrons. The standard InChI is InChI=1S/C66H72N6/c1-39(2)45-25-15-26-46(40(3)4)57(45)63-53(69-65-51-31-19-37-67-61(51)59-49(43-21-11-9-12-22-43)29-17-33-55(59)71(63)65)35-36-54-64(58-47(41(5)6)27-16-28-48(58)42(7)8)72-56-34-18-30-50(44-23-13-10-14-24-44)60(56)62-52(66(72)70-54)32-20-38-68-62/h15-20,25-34,37-44H,9-14,21-24,35-36H2,1-8H3. The summed E-state index contributed by atoms with van der Waals surface area (Å²) in [5.41, 5.74) is 22.2. The van der Waals surface area contributed by atoms with Gasteiger partial charge in [-0.25, -0.2) is 9.97 Å². The highest BCUT2D eigenvalue weighted by molar-refractivity contribution is 6.13. The first-order chi connectivity index (χ1) is 35.1. The van der Waals surface area contributed by atoms with E-state index < -0.39 is 0 Å². The first kappa shape index (κ1) is 46.7. The number of pyridine rings is 4. The SMILES string of the molecule is CC(C)c1cccc(C(C)C)c1-c1c(CCc2nc3c4cccnc4c4c(C5CCCCC5)cccc4n3c2-c2c(C(C)C)cccc2C(C)C)nc2c3cccnc3c3c(C4CCCCC4)cccc3n12. The maximum atomic E-state index is 5.91. The van der Waals surface area contributed by atoms with Crippen LogP contribution in [0.25, 0.3) is 77.4 Å². The minimum atomic E-state index is 0.309. The first-order valence-corrected chi connectivity index (χ1v) is 27.8. The second-order valence-electron chi connectivity index (χ2n) is 22.8. The van der Waals surface area contributed by atoms with E-state index >= 15 is 0 Å². The Labute approximate surface area is 426 Å². The fourth-order valence-electron chi connectivity index (χ4n) is 13.6. The smallest absolute Gasteiger partial charge is 0.147 e. The normalized spacial score (nSPS) is 15.4. The zero-order valence-electron chi connectivity index (χ0n) is 44.0. The van der Waals surface area contributed by atoms with Gasteiger partial charge in [-0.2, -0.15) is 0 Å². The molecule has 6 heteroatoms. The Morgan fingerprint density at radius 3 is 1.15 bits per heavy atom. The molecular weight excluding hydrogens is 877 g/mol. The van der Waals surface area contributed by atoms with Crippen molar-refractivity contribution in [3.63, 3.8) is 0 Å². The maximum absolute atomic E-state index is 5.91. The fraction of sp³-hybridized carbons (Fsp3) is 0.394. The Bertz CT molecular complexity index is 3390. The molecule has 6 aromatic heterocycles. The van der Waals surface area contributed by atoms with Gasteiger partial charge in [0.05, 0.1) is 44.8 Å². The fourth-order valence-corrected chi connectivity index (χ4v) is 13.6. The molecular formula is C66H72N6. The molecule has 0 atom stereocenters. The predicted molar refractivity (Wildman–Crippen MR) is 302 cm³/mol. The Hall–Kier alpha value is -6.40. The average Bonchev–Trinajstić information content (AvgIpc) is 3.99. The van der Waals surface area contributed by atoms with Crippen LogP contribution in [-0.2, 0) is 12.8 Å². The Morgan fingerprint density at radius 1 is 0.431 bits per heavy atom. The lowest BCUT2D eigenvalue weighted by Crippen LogP contribution is -2.08. The topological polar surface area (TPSA) is 60.4 Å². The van der Waals surface area contributed by atoms with Gasteiger partial charge in [0.1, 0.15) is 11.3 Å². The van der Waals surface area contributed by atoms with Crippen LogP contribution in [0.5, 0.6) is 0 Å². The lowest BCUT2D eigenvalue weighted by atomic mass is 9.82. The summed E-state index contributed by atoms with van der Waals surface area (Å²) >= 11 is 0. The van der Waals surface area contributed by atoms with E-state index in [0.29, 0.717) is 48.3 Å². The third kappa shape index (κ3) is 7.64. The largest absolute Gasteiger partial charge is 0.291 e. The van der Waals surface area contributed by atoms with E-state index in [0.717, 1.165) is 44.5 Å². The Kier molecular flexibility index (Phi) is 12.2. The summed E-state index contributed by atoms with van der Waals surface area (Å²) in [6, 6.07) is 36.9. The van der Waals surface area contributed by atoms with Gasteiger partial charge in [0.15, 0.2) is 0 Å². The Morgan fingerprint density at radius 2 is 0.792 bits per heavy atom. The van der Waals surface area contributed by atoms with Gasteiger partial charge in [0.25, 0.3) is 0 Å². The minimum absolute atomic E-state index is 0.309. The van der Waals surface area contributed by atoms with Crippen molar-refractivity contribution in [3.05, 3.63) is 154 Å². The summed E-state index contributed by atoms with van der Waals surface area (Å²) in [7, 11) is 0. The van der Waals surface area contributed by atoms with Gasteiger partial charge in [0, 0.05) is 45.1 Å². The number of fused-ring (bicyclic) bond motifs is 12. The zero-order valence-corrected chi connectivity index (χ0v) is 44.0. The lowest BCUT2D eigenvalue weighted by Gasteiger charge is -2.25. The molecule has 4 aromatic carbocycles. The monoisotopic (exact) mass is 949 g/mol. The van der Waals surface area contributed by atoms with E-state index in [1.807, 2.05) is 12.4 Å². The number of hydrogen-bond acceptors (Lipinski definition) is 4. The molecule has 10 aromatic rings. The zero-order chi connectivity index (χ0) is 49.4. The van der Waals surface area contributed by atoms with Crippen molar-refractivity contribution in [1.82, 2.24) is 28.7 Å². The number of hydrogen-bond donors (Lipinski definition) is 0. The maximum Gasteiger partial charge on any atom is 0.147 e. The van der Waals surface area contributed by atoms with Crippen LogP contribution in [0, 0.1) is 0 Å². The molecule has 6 nitrogen and oxygen atoms in total. The third-order valence-electron chi connectivity index (χ3n) is 17.0. The molecule has 0 N–H and O–H groups in total. The molecule has 366 valence electrons. The van der Waals surface area contributed by atoms with Gasteiger partial charge in [-0.3, -0.25) is 18.8 Å². The summed E-state index contributed by atoms with van der Waals surface area (Å²) in [5.74, 6) is 2.27. The van der Waals surface area contributed by atoms with Crippen LogP contribution < -0.4 is 0 Å². The highest BCUT2D eigenvalue weighted by Gasteiger charge is 2.31. The van der Waals surface area contributed by atoms with Crippen molar-refractivity contribution in [2.75, 3.05) is 0 Å². The second-order valence-corrected chi connectivity index (χ2v) is 22.8. The number of rotatable bonds is 11. The van der Waals surface area contributed by atoms with E-state index in [4.69, 9.17) is 19.9 Å². The van der Waals surface area contributed by atoms with Crippen molar-refractivity contribution in [2.24, 2.45) is 0 Å². The molecule has 0 aliphatic heterocycles. The molecule has 0 amide bonds. The van der Waals surface area contributed by atoms with Crippen LogP contribution in [-0.4, -0.2) is 28.7 Å². The van der Waals surface area contributed by atoms with Gasteiger partial charge in [-0.15, -0.1) is 0 Å². The van der Waals surface area contributed by atoms with Crippen molar-refractivity contribution in [1.29, 1.82) is 0 Å². The quantitative estimate of drug-likeness (QED) is 0.121. The van der Waals surface area contributed by atoms with Crippen molar-refractivity contribution >= 4 is 54.9 Å². The highest BCUT2D eigenvalue weighted by Crippen LogP contribution is 2.47. The van der Waals surface area contributed by atoms with Gasteiger partial charge in [-0.1, -0.05) is 155 Å². The molecule has 2 aliphatic rings. The summed E-state index contributed by atoms with van der Waals surface area (Å²) in [5, 5.41) is 4.82. The molecule has 0 bridgehead atoms. The van der Waals surface area contributed by atoms with Crippen LogP contribution in [0.4, 0.5) is 0 Å². The number of benzene rings is 4. The van der Waals surface area contributed by atoms with Crippen LogP contribution in [0.15, 0.2) is 109 Å². The molecule has 2 aliphatic carbocycles. The molecule has 0 saturated heterocycles. The summed E-state index contributed by atoms with van der Waals surface area (Å²) in [6.07, 6.45) is 18.1. The molecule has 6 heterocycles. The van der Waals surface area contributed by atoms with Gasteiger partial charge in [0.2, 0.25) is 0 Å². The number of nitrogens with zero attached hydrogens (tertiary/aromatic N) is 6. The van der Waals surface area contributed by atoms with Gasteiger partial charge in [-0.05, 0) is 144 Å². The van der Waals surface area contributed by atoms with Crippen LogP contribution in [0.2, 0.25) is 0 Å². The van der Waals surface area contributed by atoms with Crippen molar-refractivity contribution in [2.45, 2.75) is 168 Å². The molecule has 72 heavy (non-hydrogen) atoms. The molecule has 12 rings (SSSR count). The summed E-state index contributed by atoms with van der Waals surface area (Å²) in [6.45, 7) is 18.8. The highest BCUT2D eigenvalue weighted by atomic mass is 15.1. The molecule has 2 fully saturated rings. The van der Waals surface area contributed by atoms with E-state index in [2.05, 4.69) is 161 Å². The third-order valence-corrected chi connectivity index (χ3v) is 17.0. The lowest BCUT2D eigenvalue weighted by molar-refractivity contribution is 0.445. The van der Waals surface area contributed by atoms with E-state index in [1.54, 1.807) is 0 Å². The predicted octanol–water partition coefficient (Wildman–Crippen LogP) is 18.1. The Balaban J connectivity index is 1.17. The van der Waals surface area contributed by atoms with Crippen molar-refractivity contribution < 1.29 is 0 Å². The molecule has 0 spiro atoms. The van der Waals surface area contributed by atoms with Crippen LogP contribution in [0.1, 0.15) is 200 Å². The van der Waals surface area contributed by atoms with E-state index in [1.165, 1.54) is 142 Å². The molecule has 0 unspecified atom stereocenters. The number of imidazole rings is 2. The van der Waals surface area contributed by atoms with Gasteiger partial charge < -0.3 is 0 Å². The molecule has 2 saturated carbocycles. The number of aromatic nitrogens is 6. The van der Waals surface area contributed by atoms with E-state index in [9.17, 15) is 0 Å². The van der Waals surface area contributed by atoms with Gasteiger partial charge >= 0.3 is 0 Å². The average molecular weight is 949 g/mol. The van der Waals surface area contributed by atoms with E-state index in [-0.39, 0.29) is 0 Å². The van der Waals surface area contributed by atoms with Crippen molar-refractivity contribution in [3.8, 4) is 22.5 Å². The van der Waals surface area contributed by atoms with Crippen LogP contribution >= 0.6 is 0 Å². The van der Waals surface area contributed by atoms with Crippen LogP contribution in [0.3, 0.4) is 0 Å². The summed E-state index contributed by atoms with van der Waals surface area (Å²) < 4.78 is 5.15.